The molecule has 0 spiro atoms. The second-order valence-corrected chi connectivity index (χ2v) is 5.92. The first-order valence-electron chi connectivity index (χ1n) is 6.38. The molecule has 1 aromatic rings. The minimum Gasteiger partial charge on any atom is -0.347 e. The van der Waals surface area contributed by atoms with Crippen LogP contribution < -0.4 is 0 Å². The molecule has 1 fully saturated rings. The lowest BCUT2D eigenvalue weighted by molar-refractivity contribution is -0.132. The van der Waals surface area contributed by atoms with Crippen LogP contribution in [0.4, 0.5) is 0 Å². The van der Waals surface area contributed by atoms with E-state index in [1.165, 1.54) is 4.90 Å². The lowest BCUT2D eigenvalue weighted by Gasteiger charge is -2.26. The van der Waals surface area contributed by atoms with E-state index in [9.17, 15) is 9.59 Å². The molecule has 6 heteroatoms. The van der Waals surface area contributed by atoms with Crippen molar-refractivity contribution < 1.29 is 9.59 Å². The Morgan fingerprint density at radius 1 is 1.20 bits per heavy atom. The number of hydrogen-bond acceptors (Lipinski definition) is 2. The van der Waals surface area contributed by atoms with Gasteiger partial charge < -0.3 is 9.80 Å². The van der Waals surface area contributed by atoms with Gasteiger partial charge in [0, 0.05) is 36.2 Å². The molecule has 4 nitrogen and oxygen atoms in total. The fourth-order valence-corrected chi connectivity index (χ4v) is 2.93. The van der Waals surface area contributed by atoms with Crippen LogP contribution in [0.3, 0.4) is 0 Å². The Kier molecular flexibility index (Phi) is 4.55. The zero-order valence-corrected chi connectivity index (χ0v) is 12.9. The highest BCUT2D eigenvalue weighted by atomic mass is 35.5. The Morgan fingerprint density at radius 3 is 2.35 bits per heavy atom. The SMILES string of the molecule is CN(C)C(=O)C1CCCN1C(=O)c1cc(Cl)cc(Cl)c1. The molecule has 0 saturated carbocycles. The number of likely N-dealkylation sites (tertiary alicyclic amines) is 1. The van der Waals surface area contributed by atoms with Gasteiger partial charge >= 0.3 is 0 Å². The van der Waals surface area contributed by atoms with E-state index in [2.05, 4.69) is 0 Å². The number of halogens is 2. The van der Waals surface area contributed by atoms with Crippen LogP contribution in [0.2, 0.25) is 10.0 Å². The van der Waals surface area contributed by atoms with Crippen molar-refractivity contribution in [3.05, 3.63) is 33.8 Å². The van der Waals surface area contributed by atoms with Gasteiger partial charge in [0.15, 0.2) is 0 Å². The Bertz CT molecular complexity index is 526. The Morgan fingerprint density at radius 2 is 1.80 bits per heavy atom. The number of benzene rings is 1. The van der Waals surface area contributed by atoms with Gasteiger partial charge in [0.25, 0.3) is 5.91 Å². The number of hydrogen-bond donors (Lipinski definition) is 0. The predicted molar refractivity (Wildman–Crippen MR) is 79.2 cm³/mol. The summed E-state index contributed by atoms with van der Waals surface area (Å²) in [6.07, 6.45) is 1.52. The molecule has 0 N–H and O–H groups in total. The number of carbonyl (C=O) groups is 2. The van der Waals surface area contributed by atoms with Crippen LogP contribution in [-0.4, -0.2) is 48.3 Å². The number of likely N-dealkylation sites (N-methyl/N-ethyl adjacent to an activating group) is 1. The van der Waals surface area contributed by atoms with E-state index in [1.807, 2.05) is 0 Å². The van der Waals surface area contributed by atoms with Crippen LogP contribution in [0.5, 0.6) is 0 Å². The van der Waals surface area contributed by atoms with E-state index in [1.54, 1.807) is 37.2 Å². The molecule has 0 aromatic heterocycles. The number of carbonyl (C=O) groups excluding carboxylic acids is 2. The van der Waals surface area contributed by atoms with Gasteiger partial charge in [0.1, 0.15) is 6.04 Å². The summed E-state index contributed by atoms with van der Waals surface area (Å²) in [4.78, 5) is 27.7. The first-order valence-corrected chi connectivity index (χ1v) is 7.14. The molecule has 1 aromatic carbocycles. The van der Waals surface area contributed by atoms with E-state index in [4.69, 9.17) is 23.2 Å². The van der Waals surface area contributed by atoms with Gasteiger partial charge in [-0.2, -0.15) is 0 Å². The highest BCUT2D eigenvalue weighted by Crippen LogP contribution is 2.25. The van der Waals surface area contributed by atoms with Crippen molar-refractivity contribution >= 4 is 35.0 Å². The van der Waals surface area contributed by atoms with Crippen molar-refractivity contribution in [3.63, 3.8) is 0 Å². The minimum absolute atomic E-state index is 0.0519. The van der Waals surface area contributed by atoms with Crippen LogP contribution >= 0.6 is 23.2 Å². The molecule has 0 bridgehead atoms. The average molecular weight is 315 g/mol. The molecule has 1 aliphatic heterocycles. The summed E-state index contributed by atoms with van der Waals surface area (Å²) in [7, 11) is 3.39. The van der Waals surface area contributed by atoms with Gasteiger partial charge in [-0.25, -0.2) is 0 Å². The van der Waals surface area contributed by atoms with Crippen LogP contribution in [0.25, 0.3) is 0 Å². The predicted octanol–water partition coefficient (Wildman–Crippen LogP) is 2.69. The Balaban J connectivity index is 2.25. The second kappa shape index (κ2) is 6.02. The maximum absolute atomic E-state index is 12.5. The monoisotopic (exact) mass is 314 g/mol. The highest BCUT2D eigenvalue weighted by molar-refractivity contribution is 6.35. The zero-order chi connectivity index (χ0) is 14.9. The molecule has 1 saturated heterocycles. The molecule has 1 aliphatic rings. The smallest absolute Gasteiger partial charge is 0.254 e. The van der Waals surface area contributed by atoms with E-state index in [0.717, 1.165) is 6.42 Å². The first kappa shape index (κ1) is 15.1. The standard InChI is InChI=1S/C14H16Cl2N2O2/c1-17(2)14(20)12-4-3-5-18(12)13(19)9-6-10(15)8-11(16)7-9/h6-8,12H,3-5H2,1-2H3. The van der Waals surface area contributed by atoms with Gasteiger partial charge in [-0.1, -0.05) is 23.2 Å². The fraction of sp³-hybridized carbons (Fsp3) is 0.429. The van der Waals surface area contributed by atoms with Gasteiger partial charge in [-0.3, -0.25) is 9.59 Å². The zero-order valence-electron chi connectivity index (χ0n) is 11.4. The van der Waals surface area contributed by atoms with Crippen molar-refractivity contribution in [1.29, 1.82) is 0 Å². The maximum Gasteiger partial charge on any atom is 0.254 e. The van der Waals surface area contributed by atoms with Crippen LogP contribution in [0, 0.1) is 0 Å². The van der Waals surface area contributed by atoms with E-state index >= 15 is 0 Å². The largest absolute Gasteiger partial charge is 0.347 e. The molecule has 0 radical (unpaired) electrons. The third-order valence-electron chi connectivity index (χ3n) is 3.35. The molecule has 0 aliphatic carbocycles. The van der Waals surface area contributed by atoms with Crippen molar-refractivity contribution in [3.8, 4) is 0 Å². The summed E-state index contributed by atoms with van der Waals surface area (Å²) in [5.74, 6) is -0.254. The maximum atomic E-state index is 12.5. The summed E-state index contributed by atoms with van der Waals surface area (Å²) >= 11 is 11.8. The normalized spacial score (nSPS) is 18.2. The third-order valence-corrected chi connectivity index (χ3v) is 3.79. The van der Waals surface area contributed by atoms with E-state index in [0.29, 0.717) is 28.6 Å². The molecule has 2 rings (SSSR count). The summed E-state index contributed by atoms with van der Waals surface area (Å²) in [5.41, 5.74) is 0.418. The molecule has 1 unspecified atom stereocenters. The Hall–Kier alpha value is -1.26. The fourth-order valence-electron chi connectivity index (χ4n) is 2.41. The summed E-state index contributed by atoms with van der Waals surface area (Å²) in [6, 6.07) is 4.33. The molecule has 2 amide bonds. The summed E-state index contributed by atoms with van der Waals surface area (Å²) in [6.45, 7) is 0.577. The molecule has 20 heavy (non-hydrogen) atoms. The van der Waals surface area contributed by atoms with E-state index < -0.39 is 6.04 Å². The highest BCUT2D eigenvalue weighted by Gasteiger charge is 2.35. The quantitative estimate of drug-likeness (QED) is 0.842. The summed E-state index contributed by atoms with van der Waals surface area (Å²) < 4.78 is 0. The van der Waals surface area contributed by atoms with Gasteiger partial charge in [-0.15, -0.1) is 0 Å². The molecule has 1 heterocycles. The first-order chi connectivity index (χ1) is 9.40. The average Bonchev–Trinajstić information content (AvgIpc) is 2.84. The van der Waals surface area contributed by atoms with Gasteiger partial charge in [-0.05, 0) is 31.0 Å². The van der Waals surface area contributed by atoms with Crippen LogP contribution in [0.1, 0.15) is 23.2 Å². The molecule has 1 atom stereocenters. The van der Waals surface area contributed by atoms with Crippen LogP contribution in [-0.2, 0) is 4.79 Å². The van der Waals surface area contributed by atoms with Gasteiger partial charge in [0.2, 0.25) is 5.91 Å². The van der Waals surface area contributed by atoms with Gasteiger partial charge in [0.05, 0.1) is 0 Å². The minimum atomic E-state index is -0.393. The lowest BCUT2D eigenvalue weighted by atomic mass is 10.1. The summed E-state index contributed by atoms with van der Waals surface area (Å²) in [5, 5.41) is 0.825. The van der Waals surface area contributed by atoms with Crippen molar-refractivity contribution in [2.75, 3.05) is 20.6 Å². The number of rotatable bonds is 2. The topological polar surface area (TPSA) is 40.6 Å². The third kappa shape index (κ3) is 3.07. The van der Waals surface area contributed by atoms with E-state index in [-0.39, 0.29) is 11.8 Å². The van der Waals surface area contributed by atoms with Crippen molar-refractivity contribution in [2.45, 2.75) is 18.9 Å². The Labute approximate surface area is 128 Å². The molecular formula is C14H16Cl2N2O2. The van der Waals surface area contributed by atoms with Crippen molar-refractivity contribution in [1.82, 2.24) is 9.80 Å². The van der Waals surface area contributed by atoms with Crippen molar-refractivity contribution in [2.24, 2.45) is 0 Å². The van der Waals surface area contributed by atoms with Crippen LogP contribution in [0.15, 0.2) is 18.2 Å². The second-order valence-electron chi connectivity index (χ2n) is 5.05. The number of amides is 2. The number of nitrogens with zero attached hydrogens (tertiary/aromatic N) is 2. The molecule has 108 valence electrons. The molecular weight excluding hydrogens is 299 g/mol. The lowest BCUT2D eigenvalue weighted by Crippen LogP contribution is -2.45.